The molecular weight excluding hydrogens is 220 g/mol. The van der Waals surface area contributed by atoms with Crippen LogP contribution in [0.1, 0.15) is 24.0 Å². The van der Waals surface area contributed by atoms with E-state index in [1.54, 1.807) is 19.2 Å². The van der Waals surface area contributed by atoms with E-state index in [4.69, 9.17) is 4.74 Å². The van der Waals surface area contributed by atoms with Gasteiger partial charge < -0.3 is 14.6 Å². The first-order valence-electron chi connectivity index (χ1n) is 5.60. The van der Waals surface area contributed by atoms with E-state index in [2.05, 4.69) is 4.74 Å². The first-order chi connectivity index (χ1) is 8.11. The van der Waals surface area contributed by atoms with Gasteiger partial charge in [0.25, 0.3) is 0 Å². The van der Waals surface area contributed by atoms with Crippen molar-refractivity contribution < 1.29 is 19.4 Å². The molecule has 0 bridgehead atoms. The average molecular weight is 236 g/mol. The summed E-state index contributed by atoms with van der Waals surface area (Å²) in [5.41, 5.74) is 0.0779. The Balaban J connectivity index is 2.48. The second-order valence-electron chi connectivity index (χ2n) is 4.23. The minimum atomic E-state index is -1.51. The van der Waals surface area contributed by atoms with Gasteiger partial charge in [0.2, 0.25) is 0 Å². The number of aryl methyl sites for hydroxylation is 1. The highest BCUT2D eigenvalue weighted by Gasteiger charge is 2.42. The third-order valence-corrected chi connectivity index (χ3v) is 3.27. The molecule has 4 nitrogen and oxygen atoms in total. The fraction of sp³-hybridized carbons (Fsp3) is 0.462. The van der Waals surface area contributed by atoms with E-state index in [-0.39, 0.29) is 0 Å². The molecule has 1 atom stereocenters. The van der Waals surface area contributed by atoms with Crippen molar-refractivity contribution >= 4 is 5.97 Å². The van der Waals surface area contributed by atoms with Crippen LogP contribution in [0.2, 0.25) is 0 Å². The van der Waals surface area contributed by atoms with Crippen molar-refractivity contribution in [2.24, 2.45) is 0 Å². The minimum absolute atomic E-state index is 0.402. The fourth-order valence-corrected chi connectivity index (χ4v) is 2.36. The summed E-state index contributed by atoms with van der Waals surface area (Å²) < 4.78 is 9.82. The van der Waals surface area contributed by atoms with Crippen LogP contribution in [-0.4, -0.2) is 25.3 Å². The van der Waals surface area contributed by atoms with E-state index < -0.39 is 11.6 Å². The van der Waals surface area contributed by atoms with Gasteiger partial charge in [-0.15, -0.1) is 0 Å². The zero-order chi connectivity index (χ0) is 12.5. The summed E-state index contributed by atoms with van der Waals surface area (Å²) in [7, 11) is 2.88. The molecule has 2 rings (SSSR count). The van der Waals surface area contributed by atoms with Crippen LogP contribution < -0.4 is 4.74 Å². The van der Waals surface area contributed by atoms with E-state index in [1.807, 2.05) is 6.07 Å². The lowest BCUT2D eigenvalue weighted by molar-refractivity contribution is -0.165. The number of aliphatic hydroxyl groups is 1. The molecular formula is C13H16O4. The SMILES string of the molecule is COC(=O)C1(O)CCCc2cc(OC)ccc21. The van der Waals surface area contributed by atoms with E-state index in [0.717, 1.165) is 24.2 Å². The summed E-state index contributed by atoms with van der Waals surface area (Å²) in [6.07, 6.45) is 2.00. The van der Waals surface area contributed by atoms with Crippen molar-refractivity contribution in [1.82, 2.24) is 0 Å². The number of carbonyl (C=O) groups excluding carboxylic acids is 1. The van der Waals surface area contributed by atoms with Gasteiger partial charge in [0, 0.05) is 0 Å². The molecule has 0 saturated carbocycles. The zero-order valence-electron chi connectivity index (χ0n) is 10.0. The number of esters is 1. The van der Waals surface area contributed by atoms with Crippen LogP contribution in [0.5, 0.6) is 5.75 Å². The van der Waals surface area contributed by atoms with Gasteiger partial charge in [0.05, 0.1) is 14.2 Å². The van der Waals surface area contributed by atoms with Crippen molar-refractivity contribution in [2.45, 2.75) is 24.9 Å². The third kappa shape index (κ3) is 1.89. The van der Waals surface area contributed by atoms with E-state index >= 15 is 0 Å². The number of carbonyl (C=O) groups is 1. The topological polar surface area (TPSA) is 55.8 Å². The molecule has 0 heterocycles. The van der Waals surface area contributed by atoms with Crippen molar-refractivity contribution in [3.8, 4) is 5.75 Å². The molecule has 1 N–H and O–H groups in total. The third-order valence-electron chi connectivity index (χ3n) is 3.27. The highest BCUT2D eigenvalue weighted by Crippen LogP contribution is 2.37. The van der Waals surface area contributed by atoms with E-state index in [0.29, 0.717) is 12.0 Å². The van der Waals surface area contributed by atoms with Crippen LogP contribution in [0.3, 0.4) is 0 Å². The summed E-state index contributed by atoms with van der Waals surface area (Å²) in [6.45, 7) is 0. The summed E-state index contributed by atoms with van der Waals surface area (Å²) in [5, 5.41) is 10.4. The van der Waals surface area contributed by atoms with Crippen molar-refractivity contribution in [3.63, 3.8) is 0 Å². The van der Waals surface area contributed by atoms with Gasteiger partial charge in [-0.25, -0.2) is 4.79 Å². The molecule has 0 aliphatic heterocycles. The van der Waals surface area contributed by atoms with Gasteiger partial charge in [-0.2, -0.15) is 0 Å². The largest absolute Gasteiger partial charge is 0.497 e. The van der Waals surface area contributed by atoms with Crippen molar-refractivity contribution in [3.05, 3.63) is 29.3 Å². The lowest BCUT2D eigenvalue weighted by Crippen LogP contribution is -2.39. The van der Waals surface area contributed by atoms with Gasteiger partial charge in [0.15, 0.2) is 5.60 Å². The van der Waals surface area contributed by atoms with Crippen LogP contribution in [0.4, 0.5) is 0 Å². The Bertz CT molecular complexity index is 441. The fourth-order valence-electron chi connectivity index (χ4n) is 2.36. The summed E-state index contributed by atoms with van der Waals surface area (Å²) in [4.78, 5) is 11.7. The molecule has 0 saturated heterocycles. The number of rotatable bonds is 2. The number of ether oxygens (including phenoxy) is 2. The Labute approximate surface area is 100 Å². The predicted molar refractivity (Wildman–Crippen MR) is 61.8 cm³/mol. The first kappa shape index (κ1) is 11.9. The Kier molecular flexibility index (Phi) is 3.07. The molecule has 1 unspecified atom stereocenters. The summed E-state index contributed by atoms with van der Waals surface area (Å²) in [5.74, 6) is 0.140. The second kappa shape index (κ2) is 4.37. The molecule has 0 amide bonds. The highest BCUT2D eigenvalue weighted by atomic mass is 16.5. The zero-order valence-corrected chi connectivity index (χ0v) is 10.0. The van der Waals surface area contributed by atoms with Gasteiger partial charge in [-0.3, -0.25) is 0 Å². The number of methoxy groups -OCH3 is 2. The number of hydrogen-bond donors (Lipinski definition) is 1. The lowest BCUT2D eigenvalue weighted by Gasteiger charge is -2.31. The maximum absolute atomic E-state index is 11.7. The molecule has 0 radical (unpaired) electrons. The Hall–Kier alpha value is -1.55. The molecule has 0 spiro atoms. The van der Waals surface area contributed by atoms with Crippen molar-refractivity contribution in [2.75, 3.05) is 14.2 Å². The van der Waals surface area contributed by atoms with Gasteiger partial charge in [0.1, 0.15) is 5.75 Å². The van der Waals surface area contributed by atoms with Crippen molar-refractivity contribution in [1.29, 1.82) is 0 Å². The van der Waals surface area contributed by atoms with Gasteiger partial charge in [-0.05, 0) is 42.5 Å². The Morgan fingerprint density at radius 3 is 2.82 bits per heavy atom. The van der Waals surface area contributed by atoms with Crippen LogP contribution in [0.25, 0.3) is 0 Å². The number of fused-ring (bicyclic) bond motifs is 1. The van der Waals surface area contributed by atoms with Crippen LogP contribution in [0, 0.1) is 0 Å². The van der Waals surface area contributed by atoms with Crippen LogP contribution in [0.15, 0.2) is 18.2 Å². The number of benzene rings is 1. The molecule has 0 aromatic heterocycles. The summed E-state index contributed by atoms with van der Waals surface area (Å²) >= 11 is 0. The smallest absolute Gasteiger partial charge is 0.342 e. The lowest BCUT2D eigenvalue weighted by atomic mass is 9.79. The quantitative estimate of drug-likeness (QED) is 0.788. The van der Waals surface area contributed by atoms with Crippen LogP contribution >= 0.6 is 0 Å². The molecule has 1 aliphatic carbocycles. The van der Waals surface area contributed by atoms with E-state index in [9.17, 15) is 9.90 Å². The molecule has 1 aromatic rings. The molecule has 17 heavy (non-hydrogen) atoms. The normalized spacial score (nSPS) is 22.8. The van der Waals surface area contributed by atoms with Crippen LogP contribution in [-0.2, 0) is 21.6 Å². The standard InChI is InChI=1S/C13H16O4/c1-16-10-5-6-11-9(8-10)4-3-7-13(11,15)12(14)17-2/h5-6,8,15H,3-4,7H2,1-2H3. The maximum atomic E-state index is 11.7. The number of hydrogen-bond acceptors (Lipinski definition) is 4. The highest BCUT2D eigenvalue weighted by molar-refractivity contribution is 5.82. The Morgan fingerprint density at radius 1 is 1.41 bits per heavy atom. The predicted octanol–water partition coefficient (Wildman–Crippen LogP) is 1.39. The Morgan fingerprint density at radius 2 is 2.18 bits per heavy atom. The molecule has 92 valence electrons. The molecule has 4 heteroatoms. The molecule has 1 aromatic carbocycles. The maximum Gasteiger partial charge on any atom is 0.342 e. The first-order valence-corrected chi connectivity index (χ1v) is 5.60. The average Bonchev–Trinajstić information content (AvgIpc) is 2.37. The monoisotopic (exact) mass is 236 g/mol. The minimum Gasteiger partial charge on any atom is -0.497 e. The van der Waals surface area contributed by atoms with E-state index in [1.165, 1.54) is 7.11 Å². The van der Waals surface area contributed by atoms with Gasteiger partial charge in [-0.1, -0.05) is 6.07 Å². The molecule has 1 aliphatic rings. The second-order valence-corrected chi connectivity index (χ2v) is 4.23. The van der Waals surface area contributed by atoms with Gasteiger partial charge >= 0.3 is 5.97 Å². The molecule has 0 fully saturated rings. The summed E-state index contributed by atoms with van der Waals surface area (Å²) in [6, 6.07) is 5.35.